The minimum absolute atomic E-state index is 0.0304. The molecule has 0 aliphatic carbocycles. The normalized spacial score (nSPS) is 10.7. The molecule has 0 radical (unpaired) electrons. The molecular formula is C17H17N3O2. The predicted molar refractivity (Wildman–Crippen MR) is 87.6 cm³/mol. The SMILES string of the molecule is CC(=O)N(C)c1ccc2nc(Nc3ccccc3C)oc2c1. The average molecular weight is 295 g/mol. The minimum atomic E-state index is -0.0304. The van der Waals surface area contributed by atoms with Gasteiger partial charge in [0, 0.05) is 31.4 Å². The fourth-order valence-electron chi connectivity index (χ4n) is 2.19. The van der Waals surface area contributed by atoms with Gasteiger partial charge in [0.15, 0.2) is 5.58 Å². The third kappa shape index (κ3) is 2.65. The number of para-hydroxylation sites is 1. The molecule has 0 atom stereocenters. The van der Waals surface area contributed by atoms with Gasteiger partial charge in [0.2, 0.25) is 5.91 Å². The van der Waals surface area contributed by atoms with Crippen molar-refractivity contribution < 1.29 is 9.21 Å². The van der Waals surface area contributed by atoms with Gasteiger partial charge in [0.25, 0.3) is 6.01 Å². The van der Waals surface area contributed by atoms with Crippen molar-refractivity contribution in [3.8, 4) is 0 Å². The third-order valence-electron chi connectivity index (χ3n) is 3.62. The van der Waals surface area contributed by atoms with Crippen LogP contribution in [-0.2, 0) is 4.79 Å². The molecule has 5 heteroatoms. The summed E-state index contributed by atoms with van der Waals surface area (Å²) in [6.45, 7) is 3.54. The Labute approximate surface area is 128 Å². The number of rotatable bonds is 3. The van der Waals surface area contributed by atoms with Crippen molar-refractivity contribution in [3.63, 3.8) is 0 Å². The smallest absolute Gasteiger partial charge is 0.300 e. The summed E-state index contributed by atoms with van der Waals surface area (Å²) in [6.07, 6.45) is 0. The lowest BCUT2D eigenvalue weighted by molar-refractivity contribution is -0.116. The molecule has 0 unspecified atom stereocenters. The number of carbonyl (C=O) groups excluding carboxylic acids is 1. The van der Waals surface area contributed by atoms with E-state index in [1.54, 1.807) is 11.9 Å². The van der Waals surface area contributed by atoms with E-state index in [4.69, 9.17) is 4.42 Å². The van der Waals surface area contributed by atoms with Crippen LogP contribution in [0, 0.1) is 6.92 Å². The van der Waals surface area contributed by atoms with E-state index >= 15 is 0 Å². The van der Waals surface area contributed by atoms with Crippen LogP contribution >= 0.6 is 0 Å². The zero-order valence-corrected chi connectivity index (χ0v) is 12.8. The van der Waals surface area contributed by atoms with Gasteiger partial charge in [0.05, 0.1) is 0 Å². The molecule has 0 bridgehead atoms. The van der Waals surface area contributed by atoms with Gasteiger partial charge >= 0.3 is 0 Å². The van der Waals surface area contributed by atoms with Crippen LogP contribution in [0.25, 0.3) is 11.1 Å². The summed E-state index contributed by atoms with van der Waals surface area (Å²) in [5.74, 6) is -0.0304. The van der Waals surface area contributed by atoms with Gasteiger partial charge in [-0.05, 0) is 30.7 Å². The number of benzene rings is 2. The molecule has 5 nitrogen and oxygen atoms in total. The Balaban J connectivity index is 1.93. The number of nitrogens with one attached hydrogen (secondary N) is 1. The largest absolute Gasteiger partial charge is 0.423 e. The molecule has 1 heterocycles. The molecule has 112 valence electrons. The van der Waals surface area contributed by atoms with Gasteiger partial charge in [0.1, 0.15) is 5.52 Å². The lowest BCUT2D eigenvalue weighted by Gasteiger charge is -2.13. The maximum absolute atomic E-state index is 11.4. The number of fused-ring (bicyclic) bond motifs is 1. The maximum Gasteiger partial charge on any atom is 0.300 e. The second kappa shape index (κ2) is 5.52. The first-order valence-electron chi connectivity index (χ1n) is 7.02. The summed E-state index contributed by atoms with van der Waals surface area (Å²) >= 11 is 0. The van der Waals surface area contributed by atoms with Gasteiger partial charge in [-0.25, -0.2) is 0 Å². The number of anilines is 3. The Hall–Kier alpha value is -2.82. The van der Waals surface area contributed by atoms with Crippen LogP contribution in [0.15, 0.2) is 46.9 Å². The number of hydrogen-bond donors (Lipinski definition) is 1. The number of hydrogen-bond acceptors (Lipinski definition) is 4. The summed E-state index contributed by atoms with van der Waals surface area (Å²) < 4.78 is 5.74. The van der Waals surface area contributed by atoms with Crippen LogP contribution in [0.3, 0.4) is 0 Å². The Morgan fingerprint density at radius 1 is 1.23 bits per heavy atom. The first-order chi connectivity index (χ1) is 10.5. The van der Waals surface area contributed by atoms with E-state index in [1.165, 1.54) is 6.92 Å². The molecule has 3 aromatic rings. The quantitative estimate of drug-likeness (QED) is 0.797. The molecule has 0 aliphatic rings. The van der Waals surface area contributed by atoms with Crippen LogP contribution in [0.4, 0.5) is 17.4 Å². The zero-order chi connectivity index (χ0) is 15.7. The maximum atomic E-state index is 11.4. The number of aryl methyl sites for hydroxylation is 1. The van der Waals surface area contributed by atoms with E-state index < -0.39 is 0 Å². The molecular weight excluding hydrogens is 278 g/mol. The summed E-state index contributed by atoms with van der Waals surface area (Å²) in [5, 5.41) is 3.17. The standard InChI is InChI=1S/C17H17N3O2/c1-11-6-4-5-7-14(11)18-17-19-15-9-8-13(10-16(15)22-17)20(3)12(2)21/h4-10H,1-3H3,(H,18,19). The number of carbonyl (C=O) groups is 1. The van der Waals surface area contributed by atoms with Gasteiger partial charge in [-0.15, -0.1) is 0 Å². The van der Waals surface area contributed by atoms with Crippen molar-refractivity contribution in [1.29, 1.82) is 0 Å². The summed E-state index contributed by atoms with van der Waals surface area (Å²) in [6, 6.07) is 13.9. The second-order valence-corrected chi connectivity index (χ2v) is 5.19. The third-order valence-corrected chi connectivity index (χ3v) is 3.62. The lowest BCUT2D eigenvalue weighted by Crippen LogP contribution is -2.22. The van der Waals surface area contributed by atoms with E-state index in [9.17, 15) is 4.79 Å². The van der Waals surface area contributed by atoms with Gasteiger partial charge in [-0.2, -0.15) is 4.98 Å². The number of oxazole rings is 1. The van der Waals surface area contributed by atoms with Gasteiger partial charge in [-0.1, -0.05) is 18.2 Å². The molecule has 0 fully saturated rings. The number of amides is 1. The lowest BCUT2D eigenvalue weighted by atomic mass is 10.2. The molecule has 1 aromatic heterocycles. The number of aromatic nitrogens is 1. The molecule has 3 rings (SSSR count). The Morgan fingerprint density at radius 2 is 2.00 bits per heavy atom. The minimum Gasteiger partial charge on any atom is -0.423 e. The van der Waals surface area contributed by atoms with Crippen molar-refractivity contribution in [3.05, 3.63) is 48.0 Å². The van der Waals surface area contributed by atoms with Crippen molar-refractivity contribution >= 4 is 34.4 Å². The predicted octanol–water partition coefficient (Wildman–Crippen LogP) is 3.86. The highest BCUT2D eigenvalue weighted by atomic mass is 16.4. The molecule has 0 saturated heterocycles. The first kappa shape index (κ1) is 14.1. The highest BCUT2D eigenvalue weighted by Crippen LogP contribution is 2.26. The highest BCUT2D eigenvalue weighted by molar-refractivity contribution is 5.93. The molecule has 22 heavy (non-hydrogen) atoms. The van der Waals surface area contributed by atoms with Crippen LogP contribution in [-0.4, -0.2) is 17.9 Å². The molecule has 0 aliphatic heterocycles. The molecule has 1 N–H and O–H groups in total. The van der Waals surface area contributed by atoms with Crippen molar-refractivity contribution in [1.82, 2.24) is 4.98 Å². The Morgan fingerprint density at radius 3 is 2.73 bits per heavy atom. The van der Waals surface area contributed by atoms with E-state index in [0.29, 0.717) is 11.6 Å². The van der Waals surface area contributed by atoms with E-state index in [-0.39, 0.29) is 5.91 Å². The molecule has 0 spiro atoms. The fourth-order valence-corrected chi connectivity index (χ4v) is 2.19. The fraction of sp³-hybridized carbons (Fsp3) is 0.176. The highest BCUT2D eigenvalue weighted by Gasteiger charge is 2.11. The molecule has 0 saturated carbocycles. The first-order valence-corrected chi connectivity index (χ1v) is 7.02. The van der Waals surface area contributed by atoms with Crippen LogP contribution < -0.4 is 10.2 Å². The van der Waals surface area contributed by atoms with Crippen molar-refractivity contribution in [2.24, 2.45) is 0 Å². The van der Waals surface area contributed by atoms with E-state index in [1.807, 2.05) is 49.4 Å². The summed E-state index contributed by atoms with van der Waals surface area (Å²) in [5.41, 5.74) is 4.23. The monoisotopic (exact) mass is 295 g/mol. The van der Waals surface area contributed by atoms with Gasteiger partial charge < -0.3 is 14.6 Å². The topological polar surface area (TPSA) is 58.4 Å². The molecule has 2 aromatic carbocycles. The van der Waals surface area contributed by atoms with Crippen LogP contribution in [0.1, 0.15) is 12.5 Å². The Kier molecular flexibility index (Phi) is 3.55. The zero-order valence-electron chi connectivity index (χ0n) is 12.8. The van der Waals surface area contributed by atoms with Crippen LogP contribution in [0.5, 0.6) is 0 Å². The summed E-state index contributed by atoms with van der Waals surface area (Å²) in [7, 11) is 1.73. The van der Waals surface area contributed by atoms with Crippen LogP contribution in [0.2, 0.25) is 0 Å². The van der Waals surface area contributed by atoms with E-state index in [0.717, 1.165) is 22.5 Å². The van der Waals surface area contributed by atoms with Gasteiger partial charge in [-0.3, -0.25) is 4.79 Å². The number of nitrogens with zero attached hydrogens (tertiary/aromatic N) is 2. The summed E-state index contributed by atoms with van der Waals surface area (Å²) in [4.78, 5) is 17.4. The Bertz CT molecular complexity index is 839. The second-order valence-electron chi connectivity index (χ2n) is 5.19. The average Bonchev–Trinajstić information content (AvgIpc) is 2.90. The van der Waals surface area contributed by atoms with Crippen molar-refractivity contribution in [2.45, 2.75) is 13.8 Å². The van der Waals surface area contributed by atoms with Crippen molar-refractivity contribution in [2.75, 3.05) is 17.3 Å². The van der Waals surface area contributed by atoms with E-state index in [2.05, 4.69) is 10.3 Å². The molecule has 1 amide bonds.